The molecule has 1 nitrogen and oxygen atoms in total. The van der Waals surface area contributed by atoms with Crippen molar-refractivity contribution in [2.75, 3.05) is 0 Å². The lowest BCUT2D eigenvalue weighted by Gasteiger charge is -2.40. The molecule has 2 aliphatic carbocycles. The largest absolute Gasteiger partial charge is 0.198 e. The van der Waals surface area contributed by atoms with Crippen molar-refractivity contribution in [3.63, 3.8) is 0 Å². The maximum absolute atomic E-state index is 9.69. The number of nitrogens with zero attached hydrogens (tertiary/aromatic N) is 1. The summed E-state index contributed by atoms with van der Waals surface area (Å²) in [6, 6.07) is 2.68. The van der Waals surface area contributed by atoms with Crippen molar-refractivity contribution in [2.45, 2.75) is 104 Å². The van der Waals surface area contributed by atoms with E-state index in [4.69, 9.17) is 0 Å². The van der Waals surface area contributed by atoms with Gasteiger partial charge in [-0.3, -0.25) is 0 Å². The molecular weight excluding hydrogens is 290 g/mol. The van der Waals surface area contributed by atoms with Gasteiger partial charge in [0.05, 0.1) is 11.5 Å². The Hall–Kier alpha value is -0.770. The van der Waals surface area contributed by atoms with E-state index in [0.29, 0.717) is 0 Å². The van der Waals surface area contributed by atoms with E-state index in [9.17, 15) is 5.26 Å². The van der Waals surface area contributed by atoms with Gasteiger partial charge in [-0.25, -0.2) is 0 Å². The van der Waals surface area contributed by atoms with Crippen LogP contribution in [0.4, 0.5) is 0 Å². The molecule has 136 valence electrons. The summed E-state index contributed by atoms with van der Waals surface area (Å²) < 4.78 is 0. The Kier molecular flexibility index (Phi) is 8.37. The summed E-state index contributed by atoms with van der Waals surface area (Å²) in [6.45, 7) is 4.48. The van der Waals surface area contributed by atoms with E-state index in [1.165, 1.54) is 64.2 Å². The molecule has 2 saturated carbocycles. The summed E-state index contributed by atoms with van der Waals surface area (Å²) in [5.41, 5.74) is -0.0421. The quantitative estimate of drug-likeness (QED) is 0.335. The van der Waals surface area contributed by atoms with Gasteiger partial charge in [0, 0.05) is 0 Å². The van der Waals surface area contributed by atoms with E-state index in [0.717, 1.165) is 43.4 Å². The predicted molar refractivity (Wildman–Crippen MR) is 104 cm³/mol. The SMILES string of the molecule is CC/C=C\CC1(C#N)CCC(C2CCC(CCCCC)CC2)CC1. The molecule has 0 saturated heterocycles. The van der Waals surface area contributed by atoms with Crippen LogP contribution in [0.1, 0.15) is 104 Å². The van der Waals surface area contributed by atoms with Crippen LogP contribution < -0.4 is 0 Å². The van der Waals surface area contributed by atoms with E-state index >= 15 is 0 Å². The van der Waals surface area contributed by atoms with Gasteiger partial charge in [-0.15, -0.1) is 0 Å². The molecule has 2 fully saturated rings. The van der Waals surface area contributed by atoms with Crippen LogP contribution >= 0.6 is 0 Å². The van der Waals surface area contributed by atoms with Crippen LogP contribution in [0.5, 0.6) is 0 Å². The van der Waals surface area contributed by atoms with Crippen molar-refractivity contribution in [1.82, 2.24) is 0 Å². The predicted octanol–water partition coefficient (Wildman–Crippen LogP) is 7.43. The van der Waals surface area contributed by atoms with E-state index in [2.05, 4.69) is 32.1 Å². The van der Waals surface area contributed by atoms with Gasteiger partial charge >= 0.3 is 0 Å². The number of unbranched alkanes of at least 4 members (excludes halogenated alkanes) is 2. The van der Waals surface area contributed by atoms with Crippen molar-refractivity contribution >= 4 is 0 Å². The number of rotatable bonds is 8. The normalized spacial score (nSPS) is 34.3. The highest BCUT2D eigenvalue weighted by molar-refractivity contribution is 5.06. The highest BCUT2D eigenvalue weighted by Crippen LogP contribution is 2.47. The molecule has 0 unspecified atom stereocenters. The minimum absolute atomic E-state index is 0.0421. The lowest BCUT2D eigenvalue weighted by Crippen LogP contribution is -2.30. The third-order valence-corrected chi connectivity index (χ3v) is 6.91. The fourth-order valence-electron chi connectivity index (χ4n) is 5.13. The Labute approximate surface area is 150 Å². The zero-order valence-corrected chi connectivity index (χ0v) is 16.2. The van der Waals surface area contributed by atoms with Crippen LogP contribution in [0.3, 0.4) is 0 Å². The molecule has 0 N–H and O–H groups in total. The van der Waals surface area contributed by atoms with E-state index < -0.39 is 0 Å². The van der Waals surface area contributed by atoms with Crippen LogP contribution in [0, 0.1) is 34.5 Å². The minimum Gasteiger partial charge on any atom is -0.198 e. The summed E-state index contributed by atoms with van der Waals surface area (Å²) in [4.78, 5) is 0. The van der Waals surface area contributed by atoms with Crippen LogP contribution in [0.25, 0.3) is 0 Å². The second-order valence-corrected chi connectivity index (χ2v) is 8.59. The van der Waals surface area contributed by atoms with Gasteiger partial charge in [0.1, 0.15) is 0 Å². The van der Waals surface area contributed by atoms with Gasteiger partial charge in [-0.1, -0.05) is 64.5 Å². The molecule has 0 aromatic rings. The van der Waals surface area contributed by atoms with Crippen molar-refractivity contribution in [1.29, 1.82) is 5.26 Å². The van der Waals surface area contributed by atoms with Gasteiger partial charge in [-0.05, 0) is 69.1 Å². The molecule has 0 aromatic carbocycles. The molecule has 2 rings (SSSR count). The van der Waals surface area contributed by atoms with Gasteiger partial charge in [-0.2, -0.15) is 5.26 Å². The Bertz CT molecular complexity index is 400. The molecule has 1 heteroatoms. The lowest BCUT2D eigenvalue weighted by atomic mass is 9.64. The monoisotopic (exact) mass is 329 g/mol. The highest BCUT2D eigenvalue weighted by Gasteiger charge is 2.37. The van der Waals surface area contributed by atoms with Gasteiger partial charge in [0.15, 0.2) is 0 Å². The standard InChI is InChI=1S/C23H39N/c1-3-5-7-9-20-10-12-21(13-11-20)22-14-17-23(19-24,18-15-22)16-8-6-4-2/h6,8,20-22H,3-5,7,9-18H2,1-2H3/b8-6-. The third-order valence-electron chi connectivity index (χ3n) is 6.91. The van der Waals surface area contributed by atoms with Crippen molar-refractivity contribution in [2.24, 2.45) is 23.2 Å². The first-order chi connectivity index (χ1) is 11.7. The summed E-state index contributed by atoms with van der Waals surface area (Å²) in [6.07, 6.45) is 23.0. The maximum atomic E-state index is 9.69. The molecule has 0 radical (unpaired) electrons. The third kappa shape index (κ3) is 5.65. The van der Waals surface area contributed by atoms with Crippen LogP contribution in [0.15, 0.2) is 12.2 Å². The number of hydrogen-bond donors (Lipinski definition) is 0. The van der Waals surface area contributed by atoms with Crippen LogP contribution in [-0.2, 0) is 0 Å². The second kappa shape index (κ2) is 10.3. The van der Waals surface area contributed by atoms with Crippen molar-refractivity contribution in [3.05, 3.63) is 12.2 Å². The molecule has 0 aliphatic heterocycles. The molecule has 0 spiro atoms. The highest BCUT2D eigenvalue weighted by atomic mass is 14.4. The van der Waals surface area contributed by atoms with Crippen molar-refractivity contribution < 1.29 is 0 Å². The molecule has 2 aliphatic rings. The van der Waals surface area contributed by atoms with Crippen LogP contribution in [0.2, 0.25) is 0 Å². The molecule has 24 heavy (non-hydrogen) atoms. The fourth-order valence-corrected chi connectivity index (χ4v) is 5.13. The zero-order valence-electron chi connectivity index (χ0n) is 16.2. The first kappa shape index (κ1) is 19.6. The van der Waals surface area contributed by atoms with Gasteiger partial charge < -0.3 is 0 Å². The molecule has 0 amide bonds. The van der Waals surface area contributed by atoms with E-state index in [-0.39, 0.29) is 5.41 Å². The minimum atomic E-state index is -0.0421. The second-order valence-electron chi connectivity index (χ2n) is 8.59. The van der Waals surface area contributed by atoms with Crippen LogP contribution in [-0.4, -0.2) is 0 Å². The topological polar surface area (TPSA) is 23.8 Å². The summed E-state index contributed by atoms with van der Waals surface area (Å²) in [5.74, 6) is 2.90. The summed E-state index contributed by atoms with van der Waals surface area (Å²) >= 11 is 0. The van der Waals surface area contributed by atoms with Gasteiger partial charge in [0.25, 0.3) is 0 Å². The molecular formula is C23H39N. The van der Waals surface area contributed by atoms with Crippen molar-refractivity contribution in [3.8, 4) is 6.07 Å². The average Bonchev–Trinajstić information content (AvgIpc) is 2.63. The lowest BCUT2D eigenvalue weighted by molar-refractivity contribution is 0.121. The molecule has 0 heterocycles. The summed E-state index contributed by atoms with van der Waals surface area (Å²) in [5, 5.41) is 9.69. The van der Waals surface area contributed by atoms with Gasteiger partial charge in [0.2, 0.25) is 0 Å². The smallest absolute Gasteiger partial charge is 0.0693 e. The molecule has 0 aromatic heterocycles. The molecule has 0 bridgehead atoms. The zero-order chi connectivity index (χ0) is 17.3. The Morgan fingerprint density at radius 3 is 2.17 bits per heavy atom. The Morgan fingerprint density at radius 2 is 1.58 bits per heavy atom. The van der Waals surface area contributed by atoms with E-state index in [1.807, 2.05) is 0 Å². The number of allylic oxidation sites excluding steroid dienone is 2. The summed E-state index contributed by atoms with van der Waals surface area (Å²) in [7, 11) is 0. The number of nitriles is 1. The number of hydrogen-bond acceptors (Lipinski definition) is 1. The average molecular weight is 330 g/mol. The maximum Gasteiger partial charge on any atom is 0.0693 e. The Balaban J connectivity index is 1.73. The van der Waals surface area contributed by atoms with E-state index in [1.54, 1.807) is 0 Å². The first-order valence-electron chi connectivity index (χ1n) is 10.8. The first-order valence-corrected chi connectivity index (χ1v) is 10.8. The Morgan fingerprint density at radius 1 is 0.917 bits per heavy atom. The fraction of sp³-hybridized carbons (Fsp3) is 0.870. The molecule has 0 atom stereocenters.